The summed E-state index contributed by atoms with van der Waals surface area (Å²) < 4.78 is 42.8. The van der Waals surface area contributed by atoms with Crippen LogP contribution in [0.1, 0.15) is 11.1 Å². The zero-order chi connectivity index (χ0) is 17.7. The lowest BCUT2D eigenvalue weighted by Gasteiger charge is -2.08. The highest BCUT2D eigenvalue weighted by molar-refractivity contribution is 6.02. The van der Waals surface area contributed by atoms with Crippen LogP contribution >= 0.6 is 0 Å². The van der Waals surface area contributed by atoms with Crippen molar-refractivity contribution in [3.05, 3.63) is 59.7 Å². The van der Waals surface area contributed by atoms with Crippen molar-refractivity contribution in [2.45, 2.75) is 6.18 Å². The minimum Gasteiger partial charge on any atom is -0.507 e. The van der Waals surface area contributed by atoms with Crippen LogP contribution < -0.4 is 10.1 Å². The Morgan fingerprint density at radius 3 is 2.58 bits per heavy atom. The van der Waals surface area contributed by atoms with Crippen molar-refractivity contribution in [1.29, 1.82) is 0 Å². The van der Waals surface area contributed by atoms with E-state index < -0.39 is 17.6 Å². The second-order valence-corrected chi connectivity index (χ2v) is 4.83. The number of amides is 1. The summed E-state index contributed by atoms with van der Waals surface area (Å²) in [6.07, 6.45) is -2.02. The first-order chi connectivity index (χ1) is 11.3. The molecule has 24 heavy (non-hydrogen) atoms. The lowest BCUT2D eigenvalue weighted by molar-refractivity contribution is -0.137. The third-order valence-electron chi connectivity index (χ3n) is 3.11. The number of anilines is 1. The van der Waals surface area contributed by atoms with Crippen molar-refractivity contribution < 1.29 is 27.8 Å². The molecular formula is C17H14F3NO3. The van der Waals surface area contributed by atoms with Crippen LogP contribution in [-0.4, -0.2) is 18.1 Å². The molecule has 0 heterocycles. The van der Waals surface area contributed by atoms with Crippen molar-refractivity contribution in [2.75, 3.05) is 12.4 Å². The molecule has 126 valence electrons. The van der Waals surface area contributed by atoms with Gasteiger partial charge in [0.05, 0.1) is 12.7 Å². The number of phenols is 1. The van der Waals surface area contributed by atoms with Gasteiger partial charge in [-0.25, -0.2) is 0 Å². The third kappa shape index (κ3) is 4.52. The first-order valence-electron chi connectivity index (χ1n) is 6.83. The van der Waals surface area contributed by atoms with Crippen LogP contribution in [0, 0.1) is 0 Å². The molecule has 0 fully saturated rings. The molecule has 0 aliphatic heterocycles. The number of benzene rings is 2. The van der Waals surface area contributed by atoms with E-state index in [1.54, 1.807) is 12.1 Å². The molecular weight excluding hydrogens is 323 g/mol. The van der Waals surface area contributed by atoms with E-state index in [4.69, 9.17) is 4.74 Å². The molecule has 2 aromatic rings. The number of carbonyl (C=O) groups excluding carboxylic acids is 1. The lowest BCUT2D eigenvalue weighted by atomic mass is 10.1. The topological polar surface area (TPSA) is 58.6 Å². The molecule has 0 spiro atoms. The first kappa shape index (κ1) is 17.4. The molecule has 2 rings (SSSR count). The molecule has 2 aromatic carbocycles. The zero-order valence-corrected chi connectivity index (χ0v) is 12.6. The Hall–Kier alpha value is -2.96. The summed E-state index contributed by atoms with van der Waals surface area (Å²) >= 11 is 0. The number of carbonyl (C=O) groups is 1. The van der Waals surface area contributed by atoms with Gasteiger partial charge in [0.25, 0.3) is 0 Å². The SMILES string of the molecule is COc1ccc(/C=C/C(=O)Nc2cccc(C(F)(F)F)c2)c(O)c1. The van der Waals surface area contributed by atoms with Crippen molar-refractivity contribution in [3.63, 3.8) is 0 Å². The second kappa shape index (κ2) is 7.08. The number of rotatable bonds is 4. The number of halogens is 3. The van der Waals surface area contributed by atoms with Crippen molar-refractivity contribution in [3.8, 4) is 11.5 Å². The van der Waals surface area contributed by atoms with Crippen molar-refractivity contribution in [2.24, 2.45) is 0 Å². The van der Waals surface area contributed by atoms with E-state index in [1.165, 1.54) is 31.4 Å². The quantitative estimate of drug-likeness (QED) is 0.827. The minimum absolute atomic E-state index is 0.0263. The minimum atomic E-state index is -4.48. The summed E-state index contributed by atoms with van der Waals surface area (Å²) in [5.74, 6) is -0.250. The molecule has 0 unspecified atom stereocenters. The van der Waals surface area contributed by atoms with Crippen molar-refractivity contribution in [1.82, 2.24) is 0 Å². The van der Waals surface area contributed by atoms with Gasteiger partial charge >= 0.3 is 6.18 Å². The second-order valence-electron chi connectivity index (χ2n) is 4.83. The van der Waals surface area contributed by atoms with E-state index in [9.17, 15) is 23.1 Å². The monoisotopic (exact) mass is 337 g/mol. The Morgan fingerprint density at radius 1 is 1.21 bits per heavy atom. The Morgan fingerprint density at radius 2 is 1.96 bits per heavy atom. The molecule has 0 bridgehead atoms. The van der Waals surface area contributed by atoms with Gasteiger partial charge in [-0.15, -0.1) is 0 Å². The number of hydrogen-bond donors (Lipinski definition) is 2. The summed E-state index contributed by atoms with van der Waals surface area (Å²) in [7, 11) is 1.45. The van der Waals surface area contributed by atoms with Gasteiger partial charge in [-0.2, -0.15) is 13.2 Å². The van der Waals surface area contributed by atoms with Gasteiger partial charge in [-0.3, -0.25) is 4.79 Å². The maximum absolute atomic E-state index is 12.6. The fourth-order valence-corrected chi connectivity index (χ4v) is 1.91. The molecule has 0 aliphatic carbocycles. The number of ether oxygens (including phenoxy) is 1. The van der Waals surface area contributed by atoms with Gasteiger partial charge < -0.3 is 15.2 Å². The van der Waals surface area contributed by atoms with Gasteiger partial charge in [-0.1, -0.05) is 6.07 Å². The summed E-state index contributed by atoms with van der Waals surface area (Å²) in [6.45, 7) is 0. The van der Waals surface area contributed by atoms with Crippen LogP contribution in [0.4, 0.5) is 18.9 Å². The molecule has 4 nitrogen and oxygen atoms in total. The van der Waals surface area contributed by atoms with Crippen molar-refractivity contribution >= 4 is 17.7 Å². The highest BCUT2D eigenvalue weighted by Gasteiger charge is 2.30. The van der Waals surface area contributed by atoms with E-state index in [2.05, 4.69) is 5.32 Å². The molecule has 0 aliphatic rings. The maximum Gasteiger partial charge on any atom is 0.416 e. The Labute approximate surface area is 136 Å². The average molecular weight is 337 g/mol. The van der Waals surface area contributed by atoms with Crippen LogP contribution in [-0.2, 0) is 11.0 Å². The lowest BCUT2D eigenvalue weighted by Crippen LogP contribution is -2.10. The van der Waals surface area contributed by atoms with E-state index in [-0.39, 0.29) is 11.4 Å². The van der Waals surface area contributed by atoms with E-state index >= 15 is 0 Å². The van der Waals surface area contributed by atoms with Crippen LogP contribution in [0.5, 0.6) is 11.5 Å². The number of alkyl halides is 3. The van der Waals surface area contributed by atoms with Gasteiger partial charge in [0.1, 0.15) is 11.5 Å². The van der Waals surface area contributed by atoms with Crippen LogP contribution in [0.3, 0.4) is 0 Å². The average Bonchev–Trinajstić information content (AvgIpc) is 2.53. The smallest absolute Gasteiger partial charge is 0.416 e. The van der Waals surface area contributed by atoms with Crippen LogP contribution in [0.15, 0.2) is 48.5 Å². The van der Waals surface area contributed by atoms with Gasteiger partial charge in [0.2, 0.25) is 5.91 Å². The molecule has 2 N–H and O–H groups in total. The number of methoxy groups -OCH3 is 1. The molecule has 0 saturated carbocycles. The Kier molecular flexibility index (Phi) is 5.13. The largest absolute Gasteiger partial charge is 0.507 e. The van der Waals surface area contributed by atoms with Crippen LogP contribution in [0.25, 0.3) is 6.08 Å². The molecule has 0 aromatic heterocycles. The number of hydrogen-bond acceptors (Lipinski definition) is 3. The Bertz CT molecular complexity index is 770. The molecule has 0 saturated heterocycles. The number of aromatic hydroxyl groups is 1. The fourth-order valence-electron chi connectivity index (χ4n) is 1.91. The summed E-state index contributed by atoms with van der Waals surface area (Å²) in [5, 5.41) is 12.1. The summed E-state index contributed by atoms with van der Waals surface area (Å²) in [5.41, 5.74) is -0.453. The summed E-state index contributed by atoms with van der Waals surface area (Å²) in [4.78, 5) is 11.8. The number of phenolic OH excluding ortho intramolecular Hbond substituents is 1. The number of nitrogens with one attached hydrogen (secondary N) is 1. The van der Waals surface area contributed by atoms with E-state index in [1.807, 2.05) is 0 Å². The summed E-state index contributed by atoms with van der Waals surface area (Å²) in [6, 6.07) is 8.84. The molecule has 0 atom stereocenters. The fraction of sp³-hybridized carbons (Fsp3) is 0.118. The van der Waals surface area contributed by atoms with E-state index in [0.717, 1.165) is 18.2 Å². The van der Waals surface area contributed by atoms with E-state index in [0.29, 0.717) is 11.3 Å². The van der Waals surface area contributed by atoms with Crippen LogP contribution in [0.2, 0.25) is 0 Å². The van der Waals surface area contributed by atoms with Gasteiger partial charge in [-0.05, 0) is 36.4 Å². The highest BCUT2D eigenvalue weighted by Crippen LogP contribution is 2.30. The first-order valence-corrected chi connectivity index (χ1v) is 6.83. The maximum atomic E-state index is 12.6. The normalized spacial score (nSPS) is 11.5. The standard InChI is InChI=1S/C17H14F3NO3/c1-24-14-7-5-11(15(22)10-14)6-8-16(23)21-13-4-2-3-12(9-13)17(18,19)20/h2-10,22H,1H3,(H,21,23)/b8-6+. The predicted octanol–water partition coefficient (Wildman–Crippen LogP) is 4.07. The molecule has 1 amide bonds. The predicted molar refractivity (Wildman–Crippen MR) is 83.8 cm³/mol. The highest BCUT2D eigenvalue weighted by atomic mass is 19.4. The Balaban J connectivity index is 2.08. The molecule has 7 heteroatoms. The molecule has 0 radical (unpaired) electrons. The zero-order valence-electron chi connectivity index (χ0n) is 12.6. The third-order valence-corrected chi connectivity index (χ3v) is 3.11. The van der Waals surface area contributed by atoms with Gasteiger partial charge in [0, 0.05) is 23.4 Å². The van der Waals surface area contributed by atoms with Gasteiger partial charge in [0.15, 0.2) is 0 Å².